The number of carbonyl (C=O) groups excluding carboxylic acids is 1. The van der Waals surface area contributed by atoms with Gasteiger partial charge in [-0.2, -0.15) is 0 Å². The molecule has 0 aliphatic carbocycles. The number of carbonyl (C=O) groups is 1. The summed E-state index contributed by atoms with van der Waals surface area (Å²) < 4.78 is 5.23. The Morgan fingerprint density at radius 2 is 1.79 bits per heavy atom. The first-order valence-corrected chi connectivity index (χ1v) is 10.2. The number of hydrogen-bond donors (Lipinski definition) is 1. The first-order valence-electron chi connectivity index (χ1n) is 10.2. The van der Waals surface area contributed by atoms with E-state index in [0.717, 1.165) is 38.6 Å². The molecule has 1 aliphatic heterocycles. The van der Waals surface area contributed by atoms with Crippen LogP contribution in [0.15, 0.2) is 52.1 Å². The normalized spacial score (nSPS) is 14.8. The molecule has 1 N–H and O–H groups in total. The summed E-state index contributed by atoms with van der Waals surface area (Å²) in [6, 6.07) is 12.1. The molecular weight excluding hydrogens is 366 g/mol. The number of aliphatic imine (C=N–C) groups is 1. The minimum Gasteiger partial charge on any atom is -0.459 e. The van der Waals surface area contributed by atoms with Crippen molar-refractivity contribution in [1.29, 1.82) is 0 Å². The molecule has 1 fully saturated rings. The van der Waals surface area contributed by atoms with E-state index in [0.29, 0.717) is 18.8 Å². The third-order valence-corrected chi connectivity index (χ3v) is 5.05. The van der Waals surface area contributed by atoms with E-state index < -0.39 is 0 Å². The van der Waals surface area contributed by atoms with Crippen molar-refractivity contribution < 1.29 is 9.21 Å². The molecule has 7 nitrogen and oxygen atoms in total. The van der Waals surface area contributed by atoms with Crippen LogP contribution in [0.2, 0.25) is 0 Å². The van der Waals surface area contributed by atoms with Gasteiger partial charge in [-0.3, -0.25) is 9.79 Å². The second kappa shape index (κ2) is 10.0. The van der Waals surface area contributed by atoms with Crippen molar-refractivity contribution >= 4 is 17.6 Å². The molecule has 1 aromatic carbocycles. The molecule has 0 saturated carbocycles. The Morgan fingerprint density at radius 3 is 2.38 bits per heavy atom. The molecule has 0 atom stereocenters. The summed E-state index contributed by atoms with van der Waals surface area (Å²) in [6.07, 6.45) is 2.44. The second-order valence-electron chi connectivity index (χ2n) is 7.30. The topological polar surface area (TPSA) is 64.3 Å². The molecule has 2 heterocycles. The Bertz CT molecular complexity index is 791. The van der Waals surface area contributed by atoms with Crippen molar-refractivity contribution in [3.8, 4) is 0 Å². The predicted molar refractivity (Wildman–Crippen MR) is 117 cm³/mol. The quantitative estimate of drug-likeness (QED) is 0.599. The fraction of sp³-hybridized carbons (Fsp3) is 0.455. The minimum absolute atomic E-state index is 0.0437. The molecule has 0 spiro atoms. The van der Waals surface area contributed by atoms with Gasteiger partial charge in [0.1, 0.15) is 0 Å². The Balaban J connectivity index is 1.53. The van der Waals surface area contributed by atoms with E-state index in [-0.39, 0.29) is 5.91 Å². The van der Waals surface area contributed by atoms with Gasteiger partial charge in [0, 0.05) is 59.1 Å². The number of hydrogen-bond acceptors (Lipinski definition) is 4. The Morgan fingerprint density at radius 1 is 1.10 bits per heavy atom. The highest BCUT2D eigenvalue weighted by molar-refractivity contribution is 5.91. The summed E-state index contributed by atoms with van der Waals surface area (Å²) >= 11 is 0. The Kier molecular flexibility index (Phi) is 7.16. The zero-order chi connectivity index (χ0) is 20.6. The van der Waals surface area contributed by atoms with Crippen LogP contribution in [0.25, 0.3) is 0 Å². The average Bonchev–Trinajstić information content (AvgIpc) is 3.28. The lowest BCUT2D eigenvalue weighted by Gasteiger charge is -2.36. The number of guanidine groups is 1. The van der Waals surface area contributed by atoms with Gasteiger partial charge in [-0.05, 0) is 43.2 Å². The highest BCUT2D eigenvalue weighted by Gasteiger charge is 2.25. The lowest BCUT2D eigenvalue weighted by Crippen LogP contribution is -2.53. The van der Waals surface area contributed by atoms with Crippen LogP contribution in [0.3, 0.4) is 0 Å². The molecule has 1 aliphatic rings. The van der Waals surface area contributed by atoms with Gasteiger partial charge in [0.15, 0.2) is 11.7 Å². The zero-order valence-electron chi connectivity index (χ0n) is 17.6. The molecule has 0 bridgehead atoms. The maximum atomic E-state index is 12.4. The van der Waals surface area contributed by atoms with Crippen LogP contribution < -0.4 is 10.2 Å². The molecule has 1 saturated heterocycles. The smallest absolute Gasteiger partial charge is 0.289 e. The second-order valence-corrected chi connectivity index (χ2v) is 7.30. The number of nitrogens with zero attached hydrogens (tertiary/aromatic N) is 4. The third-order valence-electron chi connectivity index (χ3n) is 5.05. The van der Waals surface area contributed by atoms with E-state index in [9.17, 15) is 4.79 Å². The van der Waals surface area contributed by atoms with Gasteiger partial charge in [0.25, 0.3) is 5.91 Å². The Hall–Kier alpha value is -2.96. The largest absolute Gasteiger partial charge is 0.459 e. The molecule has 2 aromatic rings. The zero-order valence-corrected chi connectivity index (χ0v) is 17.6. The monoisotopic (exact) mass is 397 g/mol. The standard InChI is InChI=1S/C22H31N5O2/c1-4-23-22(24-12-11-18-7-9-19(10-8-18)25(2)3)27-15-13-26(14-16-27)21(28)20-6-5-17-29-20/h5-10,17H,4,11-16H2,1-3H3,(H,23,24). The van der Waals surface area contributed by atoms with E-state index in [1.54, 1.807) is 12.1 Å². The molecule has 29 heavy (non-hydrogen) atoms. The summed E-state index contributed by atoms with van der Waals surface area (Å²) in [4.78, 5) is 23.4. The van der Waals surface area contributed by atoms with E-state index in [1.165, 1.54) is 17.5 Å². The van der Waals surface area contributed by atoms with Crippen LogP contribution in [0, 0.1) is 0 Å². The van der Waals surface area contributed by atoms with Crippen molar-refractivity contribution in [3.63, 3.8) is 0 Å². The van der Waals surface area contributed by atoms with Crippen molar-refractivity contribution in [2.75, 3.05) is 58.3 Å². The SMILES string of the molecule is CCNC(=NCCc1ccc(N(C)C)cc1)N1CCN(C(=O)c2ccco2)CC1. The van der Waals surface area contributed by atoms with E-state index in [4.69, 9.17) is 9.41 Å². The van der Waals surface area contributed by atoms with Crippen molar-refractivity contribution in [1.82, 2.24) is 15.1 Å². The van der Waals surface area contributed by atoms with Gasteiger partial charge < -0.3 is 24.4 Å². The maximum absolute atomic E-state index is 12.4. The number of furan rings is 1. The van der Waals surface area contributed by atoms with Gasteiger partial charge in [-0.25, -0.2) is 0 Å². The molecule has 0 unspecified atom stereocenters. The van der Waals surface area contributed by atoms with Gasteiger partial charge in [-0.1, -0.05) is 12.1 Å². The molecule has 156 valence electrons. The molecule has 3 rings (SSSR count). The van der Waals surface area contributed by atoms with Gasteiger partial charge in [0.05, 0.1) is 6.26 Å². The summed E-state index contributed by atoms with van der Waals surface area (Å²) in [5, 5.41) is 3.38. The predicted octanol–water partition coefficient (Wildman–Crippen LogP) is 2.31. The van der Waals surface area contributed by atoms with Crippen molar-refractivity contribution in [2.24, 2.45) is 4.99 Å². The van der Waals surface area contributed by atoms with E-state index in [2.05, 4.69) is 46.3 Å². The number of benzene rings is 1. The lowest BCUT2D eigenvalue weighted by molar-refractivity contribution is 0.0657. The lowest BCUT2D eigenvalue weighted by atomic mass is 10.1. The summed E-state index contributed by atoms with van der Waals surface area (Å²) in [5.74, 6) is 1.28. The fourth-order valence-corrected chi connectivity index (χ4v) is 3.35. The van der Waals surface area contributed by atoms with Crippen LogP contribution in [0.5, 0.6) is 0 Å². The average molecular weight is 398 g/mol. The van der Waals surface area contributed by atoms with Crippen LogP contribution in [-0.4, -0.2) is 75.0 Å². The Labute approximate surface area is 173 Å². The van der Waals surface area contributed by atoms with Crippen LogP contribution in [0.1, 0.15) is 23.0 Å². The fourth-order valence-electron chi connectivity index (χ4n) is 3.35. The van der Waals surface area contributed by atoms with Crippen LogP contribution in [0.4, 0.5) is 5.69 Å². The molecule has 1 aromatic heterocycles. The first-order chi connectivity index (χ1) is 14.1. The van der Waals surface area contributed by atoms with E-state index >= 15 is 0 Å². The molecule has 1 amide bonds. The summed E-state index contributed by atoms with van der Waals surface area (Å²) in [5.41, 5.74) is 2.48. The van der Waals surface area contributed by atoms with Crippen LogP contribution >= 0.6 is 0 Å². The van der Waals surface area contributed by atoms with Crippen LogP contribution in [-0.2, 0) is 6.42 Å². The number of anilines is 1. The van der Waals surface area contributed by atoms with Gasteiger partial charge in [0.2, 0.25) is 0 Å². The molecular formula is C22H31N5O2. The number of rotatable bonds is 6. The van der Waals surface area contributed by atoms with Crippen molar-refractivity contribution in [2.45, 2.75) is 13.3 Å². The van der Waals surface area contributed by atoms with Gasteiger partial charge in [-0.15, -0.1) is 0 Å². The van der Waals surface area contributed by atoms with Gasteiger partial charge >= 0.3 is 0 Å². The molecule has 0 radical (unpaired) electrons. The minimum atomic E-state index is -0.0437. The molecule has 7 heteroatoms. The summed E-state index contributed by atoms with van der Waals surface area (Å²) in [7, 11) is 4.09. The number of nitrogens with one attached hydrogen (secondary N) is 1. The first kappa shape index (κ1) is 20.8. The highest BCUT2D eigenvalue weighted by atomic mass is 16.3. The van der Waals surface area contributed by atoms with Crippen molar-refractivity contribution in [3.05, 3.63) is 54.0 Å². The third kappa shape index (κ3) is 5.53. The maximum Gasteiger partial charge on any atom is 0.289 e. The summed E-state index contributed by atoms with van der Waals surface area (Å²) in [6.45, 7) is 6.47. The van der Waals surface area contributed by atoms with E-state index in [1.807, 2.05) is 19.0 Å². The highest BCUT2D eigenvalue weighted by Crippen LogP contribution is 2.13. The number of amides is 1. The number of piperazine rings is 1.